The van der Waals surface area contributed by atoms with Gasteiger partial charge in [0, 0.05) is 48.6 Å². The van der Waals surface area contributed by atoms with Gasteiger partial charge in [-0.25, -0.2) is 19.5 Å². The zero-order valence-corrected chi connectivity index (χ0v) is 23.9. The van der Waals surface area contributed by atoms with Gasteiger partial charge in [0.25, 0.3) is 0 Å². The van der Waals surface area contributed by atoms with Crippen LogP contribution in [-0.4, -0.2) is 79.7 Å². The summed E-state index contributed by atoms with van der Waals surface area (Å²) >= 11 is 7.83. The predicted molar refractivity (Wildman–Crippen MR) is 150 cm³/mol. The molecular formula is C24H33ClN8O4S2. The molecule has 3 fully saturated rings. The maximum absolute atomic E-state index is 12.4. The number of piperidine rings is 1. The van der Waals surface area contributed by atoms with Gasteiger partial charge in [0.15, 0.2) is 0 Å². The summed E-state index contributed by atoms with van der Waals surface area (Å²) in [4.78, 5) is 24.4. The van der Waals surface area contributed by atoms with Crippen LogP contribution < -0.4 is 26.4 Å². The molecule has 1 aromatic carbocycles. The number of nitrogens with zero attached hydrogens (tertiary/aromatic N) is 4. The van der Waals surface area contributed by atoms with Gasteiger partial charge in [-0.05, 0) is 38.3 Å². The summed E-state index contributed by atoms with van der Waals surface area (Å²) in [7, 11) is -4.00. The van der Waals surface area contributed by atoms with E-state index in [-0.39, 0.29) is 47.4 Å². The molecule has 2 aromatic rings. The van der Waals surface area contributed by atoms with Gasteiger partial charge in [-0.1, -0.05) is 29.4 Å². The van der Waals surface area contributed by atoms with Crippen LogP contribution in [0.3, 0.4) is 0 Å². The molecule has 3 atom stereocenters. The number of urea groups is 1. The first-order valence-electron chi connectivity index (χ1n) is 12.8. The smallest absolute Gasteiger partial charge is 0.333 e. The lowest BCUT2D eigenvalue weighted by molar-refractivity contribution is 0.0974. The molecule has 3 aliphatic heterocycles. The van der Waals surface area contributed by atoms with Crippen molar-refractivity contribution in [1.29, 1.82) is 0 Å². The molecule has 6 N–H and O–H groups in total. The van der Waals surface area contributed by atoms with Gasteiger partial charge in [-0.15, -0.1) is 0 Å². The first-order valence-corrected chi connectivity index (χ1v) is 15.4. The lowest BCUT2D eigenvalue weighted by atomic mass is 9.73. The van der Waals surface area contributed by atoms with Crippen molar-refractivity contribution in [3.63, 3.8) is 0 Å². The molecule has 39 heavy (non-hydrogen) atoms. The Hall–Kier alpha value is -2.20. The molecule has 0 bridgehead atoms. The van der Waals surface area contributed by atoms with Gasteiger partial charge in [0.05, 0.1) is 35.8 Å². The summed E-state index contributed by atoms with van der Waals surface area (Å²) in [5.41, 5.74) is 12.5. The number of anilines is 2. The monoisotopic (exact) mass is 596 g/mol. The molecule has 4 heterocycles. The lowest BCUT2D eigenvalue weighted by Crippen LogP contribution is -2.50. The Bertz CT molecular complexity index is 1310. The summed E-state index contributed by atoms with van der Waals surface area (Å²) in [6.07, 6.45) is 5.96. The maximum atomic E-state index is 12.4. The largest absolute Gasteiger partial charge is 0.376 e. The summed E-state index contributed by atoms with van der Waals surface area (Å²) in [5.74, 6) is 0.799. The fourth-order valence-corrected chi connectivity index (χ4v) is 7.50. The Labute approximate surface area is 237 Å². The Morgan fingerprint density at radius 3 is 2.59 bits per heavy atom. The molecule has 0 radical (unpaired) electrons. The normalized spacial score (nSPS) is 25.2. The van der Waals surface area contributed by atoms with Crippen molar-refractivity contribution in [2.45, 2.75) is 54.3 Å². The Morgan fingerprint density at radius 1 is 1.21 bits per heavy atom. The second-order valence-corrected chi connectivity index (χ2v) is 13.4. The second kappa shape index (κ2) is 11.4. The number of halogens is 1. The van der Waals surface area contributed by atoms with Crippen LogP contribution in [0.1, 0.15) is 26.2 Å². The van der Waals surface area contributed by atoms with Gasteiger partial charge >= 0.3 is 16.2 Å². The van der Waals surface area contributed by atoms with E-state index in [1.165, 1.54) is 11.8 Å². The molecule has 0 saturated carbocycles. The number of hydrogen-bond acceptors (Lipinski definition) is 10. The Balaban J connectivity index is 1.18. The number of ether oxygens (including phenoxy) is 1. The van der Waals surface area contributed by atoms with Crippen LogP contribution in [-0.2, 0) is 14.9 Å². The highest BCUT2D eigenvalue weighted by atomic mass is 35.5. The Kier molecular flexibility index (Phi) is 8.25. The highest BCUT2D eigenvalue weighted by Gasteiger charge is 2.47. The summed E-state index contributed by atoms with van der Waals surface area (Å²) in [5, 5.41) is 3.40. The molecule has 0 aliphatic carbocycles. The van der Waals surface area contributed by atoms with Gasteiger partial charge in [-0.2, -0.15) is 12.7 Å². The first kappa shape index (κ1) is 28.3. The average Bonchev–Trinajstić information content (AvgIpc) is 3.47. The third-order valence-electron chi connectivity index (χ3n) is 7.72. The van der Waals surface area contributed by atoms with E-state index < -0.39 is 16.2 Å². The minimum atomic E-state index is -4.00. The fourth-order valence-electron chi connectivity index (χ4n) is 5.28. The minimum Gasteiger partial charge on any atom is -0.376 e. The number of nitrogens with two attached hydrogens (primary N) is 2. The van der Waals surface area contributed by atoms with E-state index in [1.54, 1.807) is 30.6 Å². The van der Waals surface area contributed by atoms with Gasteiger partial charge in [-0.3, -0.25) is 0 Å². The van der Waals surface area contributed by atoms with Crippen molar-refractivity contribution in [2.24, 2.45) is 16.9 Å². The number of hydrogen-bond donors (Lipinski definition) is 4. The molecule has 2 amide bonds. The van der Waals surface area contributed by atoms with Gasteiger partial charge < -0.3 is 26.4 Å². The average molecular weight is 597 g/mol. The third kappa shape index (κ3) is 6.11. The van der Waals surface area contributed by atoms with Crippen LogP contribution in [0.15, 0.2) is 40.5 Å². The molecule has 212 valence electrons. The standard InChI is InChI=1S/C24H33ClN8O4S2/c1-15-22(27)24(14-37-15)6-9-32(10-7-24)19-11-29-20(12-28-19)38-18-4-2-3-17(21(18)25)30-23(34)31-39(35,36)33-8-5-16(26)13-33/h2-4,11-12,15-16,22H,5-10,13-14,26-27H2,1H3,(H2,30,31,34)/t15-,16?,22+/m0/s1. The molecule has 5 rings (SSSR count). The summed E-state index contributed by atoms with van der Waals surface area (Å²) in [6, 6.07) is 3.98. The van der Waals surface area contributed by atoms with Crippen molar-refractivity contribution < 1.29 is 17.9 Å². The highest BCUT2D eigenvalue weighted by molar-refractivity contribution is 7.99. The van der Waals surface area contributed by atoms with E-state index in [2.05, 4.69) is 20.2 Å². The maximum Gasteiger partial charge on any atom is 0.333 e. The first-order chi connectivity index (χ1) is 18.6. The number of carbonyl (C=O) groups excluding carboxylic acids is 1. The van der Waals surface area contributed by atoms with E-state index in [1.807, 2.05) is 11.6 Å². The van der Waals surface area contributed by atoms with Gasteiger partial charge in [0.2, 0.25) is 0 Å². The fraction of sp³-hybridized carbons (Fsp3) is 0.542. The molecule has 15 heteroatoms. The third-order valence-corrected chi connectivity index (χ3v) is 10.7. The lowest BCUT2D eigenvalue weighted by Gasteiger charge is -2.41. The van der Waals surface area contributed by atoms with Crippen LogP contribution in [0, 0.1) is 5.41 Å². The van der Waals surface area contributed by atoms with E-state index in [0.29, 0.717) is 22.9 Å². The number of aromatic nitrogens is 2. The van der Waals surface area contributed by atoms with Gasteiger partial charge in [0.1, 0.15) is 10.8 Å². The molecule has 1 aromatic heterocycles. The van der Waals surface area contributed by atoms with Crippen LogP contribution in [0.25, 0.3) is 0 Å². The molecule has 12 nitrogen and oxygen atoms in total. The number of carbonyl (C=O) groups is 1. The van der Waals surface area contributed by atoms with Crippen molar-refractivity contribution in [1.82, 2.24) is 19.0 Å². The van der Waals surface area contributed by atoms with Crippen molar-refractivity contribution in [3.8, 4) is 0 Å². The van der Waals surface area contributed by atoms with E-state index in [0.717, 1.165) is 36.1 Å². The zero-order valence-electron chi connectivity index (χ0n) is 21.5. The Morgan fingerprint density at radius 2 is 1.97 bits per heavy atom. The minimum absolute atomic E-state index is 0.0394. The summed E-state index contributed by atoms with van der Waals surface area (Å²) < 4.78 is 33.8. The van der Waals surface area contributed by atoms with Crippen LogP contribution in [0.2, 0.25) is 5.02 Å². The van der Waals surface area contributed by atoms with E-state index in [4.69, 9.17) is 27.8 Å². The SMILES string of the molecule is C[C@@H]1OCC2(CCN(c3cnc(Sc4cccc(NC(=O)NS(=O)(=O)N5CCC(N)C5)c4Cl)cn3)CC2)[C@@H]1N. The predicted octanol–water partition coefficient (Wildman–Crippen LogP) is 2.01. The van der Waals surface area contributed by atoms with Crippen LogP contribution in [0.4, 0.5) is 16.3 Å². The second-order valence-electron chi connectivity index (χ2n) is 10.3. The molecule has 3 saturated heterocycles. The van der Waals surface area contributed by atoms with Crippen molar-refractivity contribution in [3.05, 3.63) is 35.6 Å². The number of benzene rings is 1. The van der Waals surface area contributed by atoms with E-state index in [9.17, 15) is 13.2 Å². The molecule has 1 unspecified atom stereocenters. The highest BCUT2D eigenvalue weighted by Crippen LogP contribution is 2.42. The van der Waals surface area contributed by atoms with Crippen LogP contribution >= 0.6 is 23.4 Å². The number of amides is 2. The van der Waals surface area contributed by atoms with Crippen molar-refractivity contribution >= 4 is 51.1 Å². The molecular weight excluding hydrogens is 564 g/mol. The summed E-state index contributed by atoms with van der Waals surface area (Å²) in [6.45, 7) is 4.86. The number of nitrogens with one attached hydrogen (secondary N) is 2. The number of rotatable bonds is 6. The quantitative estimate of drug-likeness (QED) is 0.387. The molecule has 1 spiro atoms. The molecule has 3 aliphatic rings. The van der Waals surface area contributed by atoms with Crippen molar-refractivity contribution in [2.75, 3.05) is 43.0 Å². The topological polar surface area (TPSA) is 169 Å². The van der Waals surface area contributed by atoms with E-state index >= 15 is 0 Å². The zero-order chi connectivity index (χ0) is 27.8. The van der Waals surface area contributed by atoms with Crippen LogP contribution in [0.5, 0.6) is 0 Å².